The lowest BCUT2D eigenvalue weighted by molar-refractivity contribution is -0.145. The number of unbranched alkanes of at least 4 members (excludes halogenated alkanes) is 2. The maximum absolute atomic E-state index is 14.2. The molecule has 1 unspecified atom stereocenters. The number of rotatable bonds is 11. The summed E-state index contributed by atoms with van der Waals surface area (Å²) < 4.78 is 34.9. The molecule has 1 aliphatic carbocycles. The van der Waals surface area contributed by atoms with E-state index in [1.165, 1.54) is 13.5 Å². The van der Waals surface area contributed by atoms with Crippen LogP contribution in [-0.2, 0) is 30.8 Å². The van der Waals surface area contributed by atoms with Crippen LogP contribution in [0.4, 0.5) is 11.4 Å². The van der Waals surface area contributed by atoms with Gasteiger partial charge in [-0.05, 0) is 67.9 Å². The van der Waals surface area contributed by atoms with Crippen molar-refractivity contribution >= 4 is 44.9 Å². The first-order valence-corrected chi connectivity index (χ1v) is 17.0. The smallest absolute Gasteiger partial charge is 0.328 e. The van der Waals surface area contributed by atoms with Crippen LogP contribution >= 0.6 is 11.6 Å². The number of carbonyl (C=O) groups is 2. The summed E-state index contributed by atoms with van der Waals surface area (Å²) in [6.45, 7) is 2.59. The maximum atomic E-state index is 14.2. The number of sulfonamides is 1. The van der Waals surface area contributed by atoms with E-state index in [4.69, 9.17) is 16.3 Å². The summed E-state index contributed by atoms with van der Waals surface area (Å²) in [4.78, 5) is 27.3. The molecule has 0 bridgehead atoms. The molecule has 1 saturated carbocycles. The topological polar surface area (TPSA) is 96.0 Å². The third kappa shape index (κ3) is 7.47. The zero-order valence-corrected chi connectivity index (χ0v) is 26.6. The fraction of sp³-hybridized carbons (Fsp3) is 0.562. The van der Waals surface area contributed by atoms with Crippen LogP contribution < -0.4 is 10.2 Å². The molecule has 0 spiro atoms. The Labute approximate surface area is 255 Å². The Morgan fingerprint density at radius 1 is 1.10 bits per heavy atom. The molecule has 0 radical (unpaired) electrons. The summed E-state index contributed by atoms with van der Waals surface area (Å²) in [5.74, 6) is -0.471. The van der Waals surface area contributed by atoms with Gasteiger partial charge >= 0.3 is 5.97 Å². The lowest BCUT2D eigenvalue weighted by atomic mass is 9.83. The van der Waals surface area contributed by atoms with Crippen molar-refractivity contribution in [2.24, 2.45) is 5.92 Å². The highest BCUT2D eigenvalue weighted by Crippen LogP contribution is 2.42. The van der Waals surface area contributed by atoms with Gasteiger partial charge in [0.05, 0.1) is 12.8 Å². The predicted molar refractivity (Wildman–Crippen MR) is 167 cm³/mol. The molecular weight excluding hydrogens is 574 g/mol. The average molecular weight is 618 g/mol. The Bertz CT molecular complexity index is 1330. The molecule has 2 atom stereocenters. The van der Waals surface area contributed by atoms with Gasteiger partial charge in [-0.25, -0.2) is 13.2 Å². The zero-order valence-electron chi connectivity index (χ0n) is 25.0. The van der Waals surface area contributed by atoms with Crippen LogP contribution in [0.5, 0.6) is 0 Å². The van der Waals surface area contributed by atoms with Crippen molar-refractivity contribution in [3.8, 4) is 0 Å². The molecule has 1 aliphatic heterocycles. The number of hydrogen-bond acceptors (Lipinski definition) is 6. The molecule has 2 aliphatic rings. The Hall–Kier alpha value is -2.62. The molecule has 2 aromatic rings. The highest BCUT2D eigenvalue weighted by Gasteiger charge is 2.41. The normalized spacial score (nSPS) is 19.9. The predicted octanol–water partition coefficient (Wildman–Crippen LogP) is 6.23. The number of nitrogens with zero attached hydrogens (tertiary/aromatic N) is 2. The second-order valence-corrected chi connectivity index (χ2v) is 13.9. The molecular formula is C32H44ClN3O5S. The SMILES string of the molecule is CCCCCC(=O)NC(CCc1cc2c(cc1Cl)N(c1ccccc1)C[C@@H](C1CCCCC1)N(C)S2(=O)=O)C(=O)OC. The van der Waals surface area contributed by atoms with E-state index in [1.54, 1.807) is 23.5 Å². The van der Waals surface area contributed by atoms with E-state index < -0.39 is 22.0 Å². The molecule has 4 rings (SSSR count). The highest BCUT2D eigenvalue weighted by atomic mass is 35.5. The second-order valence-electron chi connectivity index (χ2n) is 11.5. The maximum Gasteiger partial charge on any atom is 0.328 e. The number of esters is 1. The van der Waals surface area contributed by atoms with E-state index >= 15 is 0 Å². The van der Waals surface area contributed by atoms with Gasteiger partial charge in [-0.2, -0.15) is 4.31 Å². The third-order valence-electron chi connectivity index (χ3n) is 8.70. The zero-order chi connectivity index (χ0) is 30.3. The quantitative estimate of drug-likeness (QED) is 0.237. The second kappa shape index (κ2) is 14.7. The van der Waals surface area contributed by atoms with Crippen LogP contribution in [-0.4, -0.2) is 57.4 Å². The molecule has 1 fully saturated rings. The van der Waals surface area contributed by atoms with E-state index in [0.717, 1.165) is 50.6 Å². The minimum absolute atomic E-state index is 0.184. The summed E-state index contributed by atoms with van der Waals surface area (Å²) in [6, 6.07) is 12.2. The van der Waals surface area contributed by atoms with E-state index in [-0.39, 0.29) is 35.6 Å². The summed E-state index contributed by atoms with van der Waals surface area (Å²) in [6.07, 6.45) is 8.96. The van der Waals surface area contributed by atoms with Gasteiger partial charge in [0.15, 0.2) is 0 Å². The van der Waals surface area contributed by atoms with Gasteiger partial charge in [-0.3, -0.25) is 4.79 Å². The van der Waals surface area contributed by atoms with Crippen molar-refractivity contribution in [1.29, 1.82) is 0 Å². The van der Waals surface area contributed by atoms with E-state index in [1.807, 2.05) is 30.3 Å². The van der Waals surface area contributed by atoms with Crippen molar-refractivity contribution in [2.75, 3.05) is 25.6 Å². The Morgan fingerprint density at radius 3 is 2.48 bits per heavy atom. The van der Waals surface area contributed by atoms with Gasteiger partial charge < -0.3 is 15.0 Å². The average Bonchev–Trinajstić information content (AvgIpc) is 3.07. The van der Waals surface area contributed by atoms with Crippen molar-refractivity contribution in [1.82, 2.24) is 9.62 Å². The number of amides is 1. The number of aryl methyl sites for hydroxylation is 1. The number of likely N-dealkylation sites (N-methyl/N-ethyl adjacent to an activating group) is 1. The fourth-order valence-corrected chi connectivity index (χ4v) is 8.12. The first kappa shape index (κ1) is 32.3. The first-order valence-electron chi connectivity index (χ1n) is 15.2. The minimum Gasteiger partial charge on any atom is -0.467 e. The standard InChI is InChI=1S/C32H44ClN3O5S/c1-4-5-8-17-31(37)34-27(32(38)41-3)19-18-24-20-30-28(21-26(24)33)36(25-15-11-7-12-16-25)22-29(35(2)42(30,39)40)23-13-9-6-10-14-23/h7,11-12,15-16,20-21,23,27,29H,4-6,8-10,13-14,17-19,22H2,1-3H3,(H,34,37)/t27?,29-/m0/s1. The molecule has 1 N–H and O–H groups in total. The number of halogens is 1. The van der Waals surface area contributed by atoms with Gasteiger partial charge in [0.1, 0.15) is 10.9 Å². The lowest BCUT2D eigenvalue weighted by Gasteiger charge is -2.36. The molecule has 2 aromatic carbocycles. The first-order chi connectivity index (χ1) is 20.2. The lowest BCUT2D eigenvalue weighted by Crippen LogP contribution is -2.46. The number of hydrogen-bond donors (Lipinski definition) is 1. The summed E-state index contributed by atoms with van der Waals surface area (Å²) >= 11 is 6.83. The highest BCUT2D eigenvalue weighted by molar-refractivity contribution is 7.89. The van der Waals surface area contributed by atoms with Crippen LogP contribution in [0.1, 0.15) is 76.7 Å². The Balaban J connectivity index is 1.67. The van der Waals surface area contributed by atoms with Gasteiger partial charge in [-0.1, -0.05) is 68.8 Å². The number of fused-ring (bicyclic) bond motifs is 1. The largest absolute Gasteiger partial charge is 0.467 e. The Morgan fingerprint density at radius 2 is 1.81 bits per heavy atom. The molecule has 230 valence electrons. The van der Waals surface area contributed by atoms with Crippen LogP contribution in [0.25, 0.3) is 0 Å². The van der Waals surface area contributed by atoms with Gasteiger partial charge in [0.25, 0.3) is 0 Å². The van der Waals surface area contributed by atoms with Crippen LogP contribution in [0, 0.1) is 5.92 Å². The number of nitrogens with one attached hydrogen (secondary N) is 1. The molecule has 0 saturated heterocycles. The van der Waals surface area contributed by atoms with Gasteiger partial charge in [-0.15, -0.1) is 0 Å². The number of benzene rings is 2. The number of carbonyl (C=O) groups excluding carboxylic acids is 2. The van der Waals surface area contributed by atoms with Crippen LogP contribution in [0.3, 0.4) is 0 Å². The van der Waals surface area contributed by atoms with Crippen molar-refractivity contribution < 1.29 is 22.7 Å². The summed E-state index contributed by atoms with van der Waals surface area (Å²) in [7, 11) is -0.870. The fourth-order valence-electron chi connectivity index (χ4n) is 6.24. The minimum atomic E-state index is -3.86. The monoisotopic (exact) mass is 617 g/mol. The molecule has 10 heteroatoms. The number of ether oxygens (including phenoxy) is 1. The molecule has 1 heterocycles. The number of para-hydroxylation sites is 1. The summed E-state index contributed by atoms with van der Waals surface area (Å²) in [5, 5.41) is 3.21. The summed E-state index contributed by atoms with van der Waals surface area (Å²) in [5.41, 5.74) is 2.06. The number of anilines is 2. The molecule has 0 aromatic heterocycles. The molecule has 8 nitrogen and oxygen atoms in total. The van der Waals surface area contributed by atoms with E-state index in [9.17, 15) is 18.0 Å². The third-order valence-corrected chi connectivity index (χ3v) is 11.0. The van der Waals surface area contributed by atoms with Crippen LogP contribution in [0.15, 0.2) is 47.4 Å². The van der Waals surface area contributed by atoms with Gasteiger partial charge in [0.2, 0.25) is 15.9 Å². The molecule has 1 amide bonds. The number of methoxy groups -OCH3 is 1. The van der Waals surface area contributed by atoms with Crippen molar-refractivity contribution in [3.05, 3.63) is 53.1 Å². The Kier molecular flexibility index (Phi) is 11.3. The van der Waals surface area contributed by atoms with E-state index in [2.05, 4.69) is 17.1 Å². The van der Waals surface area contributed by atoms with Gasteiger partial charge in [0, 0.05) is 36.8 Å². The molecule has 42 heavy (non-hydrogen) atoms. The van der Waals surface area contributed by atoms with Crippen LogP contribution in [0.2, 0.25) is 5.02 Å². The van der Waals surface area contributed by atoms with Crippen molar-refractivity contribution in [2.45, 2.75) is 94.5 Å². The van der Waals surface area contributed by atoms with Crippen molar-refractivity contribution in [3.63, 3.8) is 0 Å². The van der Waals surface area contributed by atoms with E-state index in [0.29, 0.717) is 29.2 Å².